The van der Waals surface area contributed by atoms with Gasteiger partial charge in [0.15, 0.2) is 0 Å². The number of phenolic OH excluding ortho intramolecular Hbond substituents is 1. The largest absolute Gasteiger partial charge is 0.507 e. The quantitative estimate of drug-likeness (QED) is 0.791. The smallest absolute Gasteiger partial charge is 0.257 e. The number of likely N-dealkylation sites (tertiary alicyclic amines) is 1. The van der Waals surface area contributed by atoms with Gasteiger partial charge in [-0.2, -0.15) is 0 Å². The minimum atomic E-state index is -0.127. The minimum Gasteiger partial charge on any atom is -0.507 e. The van der Waals surface area contributed by atoms with Gasteiger partial charge < -0.3 is 15.7 Å². The van der Waals surface area contributed by atoms with Gasteiger partial charge in [-0.15, -0.1) is 0 Å². The number of phenols is 1. The Bertz CT molecular complexity index is 449. The average Bonchev–Trinajstić information content (AvgIpc) is 2.30. The van der Waals surface area contributed by atoms with Gasteiger partial charge in [0.1, 0.15) is 5.75 Å². The number of rotatable bonds is 1. The summed E-state index contributed by atoms with van der Waals surface area (Å²) in [6, 6.07) is 5.11. The molecule has 1 fully saturated rings. The van der Waals surface area contributed by atoms with Crippen molar-refractivity contribution in [3.05, 3.63) is 29.3 Å². The van der Waals surface area contributed by atoms with Crippen LogP contribution in [0.5, 0.6) is 5.75 Å². The maximum absolute atomic E-state index is 12.4. The molecular formula is C14H20N2O2. The first-order chi connectivity index (χ1) is 8.47. The third-order valence-electron chi connectivity index (χ3n) is 3.36. The predicted octanol–water partition coefficient (Wildman–Crippen LogP) is 1.51. The summed E-state index contributed by atoms with van der Waals surface area (Å²) < 4.78 is 0. The minimum absolute atomic E-state index is 0.0321. The van der Waals surface area contributed by atoms with Gasteiger partial charge >= 0.3 is 0 Å². The molecule has 1 saturated heterocycles. The Kier molecular flexibility index (Phi) is 3.57. The highest BCUT2D eigenvalue weighted by Crippen LogP contribution is 2.23. The summed E-state index contributed by atoms with van der Waals surface area (Å²) in [6.45, 7) is 5.27. The van der Waals surface area contributed by atoms with Gasteiger partial charge in [0.25, 0.3) is 5.91 Å². The van der Waals surface area contributed by atoms with E-state index >= 15 is 0 Å². The first-order valence-corrected chi connectivity index (χ1v) is 6.32. The molecule has 2 atom stereocenters. The van der Waals surface area contributed by atoms with Crippen molar-refractivity contribution in [3.8, 4) is 5.75 Å². The number of hydrogen-bond acceptors (Lipinski definition) is 3. The molecule has 2 unspecified atom stereocenters. The van der Waals surface area contributed by atoms with Crippen molar-refractivity contribution < 1.29 is 9.90 Å². The third-order valence-corrected chi connectivity index (χ3v) is 3.36. The van der Waals surface area contributed by atoms with E-state index in [0.717, 1.165) is 12.0 Å². The number of hydrogen-bond donors (Lipinski definition) is 2. The highest BCUT2D eigenvalue weighted by Gasteiger charge is 2.27. The molecule has 0 spiro atoms. The van der Waals surface area contributed by atoms with Gasteiger partial charge in [0.2, 0.25) is 0 Å². The van der Waals surface area contributed by atoms with Crippen molar-refractivity contribution in [1.82, 2.24) is 4.90 Å². The zero-order valence-corrected chi connectivity index (χ0v) is 10.9. The molecule has 4 nitrogen and oxygen atoms in total. The van der Waals surface area contributed by atoms with Crippen LogP contribution in [-0.4, -0.2) is 35.0 Å². The number of nitrogens with two attached hydrogens (primary N) is 1. The van der Waals surface area contributed by atoms with E-state index in [1.807, 2.05) is 6.92 Å². The van der Waals surface area contributed by atoms with Crippen molar-refractivity contribution in [2.75, 3.05) is 13.1 Å². The number of nitrogens with zero attached hydrogens (tertiary/aromatic N) is 1. The fourth-order valence-electron chi connectivity index (χ4n) is 2.56. The second-order valence-electron chi connectivity index (χ2n) is 5.33. The van der Waals surface area contributed by atoms with Crippen LogP contribution in [0.3, 0.4) is 0 Å². The van der Waals surface area contributed by atoms with Crippen molar-refractivity contribution >= 4 is 5.91 Å². The average molecular weight is 248 g/mol. The fraction of sp³-hybridized carbons (Fsp3) is 0.500. The summed E-state index contributed by atoms with van der Waals surface area (Å²) in [4.78, 5) is 14.1. The summed E-state index contributed by atoms with van der Waals surface area (Å²) in [7, 11) is 0. The maximum Gasteiger partial charge on any atom is 0.257 e. The molecule has 18 heavy (non-hydrogen) atoms. The van der Waals surface area contributed by atoms with Gasteiger partial charge in [-0.1, -0.05) is 18.6 Å². The van der Waals surface area contributed by atoms with Gasteiger partial charge in [0.05, 0.1) is 5.56 Å². The molecule has 98 valence electrons. The van der Waals surface area contributed by atoms with Crippen LogP contribution in [0.2, 0.25) is 0 Å². The first-order valence-electron chi connectivity index (χ1n) is 6.32. The SMILES string of the molecule is Cc1ccc(O)c(C(=O)N2CC(C)CC(N)C2)c1. The molecule has 3 N–H and O–H groups in total. The second-order valence-corrected chi connectivity index (χ2v) is 5.33. The summed E-state index contributed by atoms with van der Waals surface area (Å²) in [5, 5.41) is 9.79. The van der Waals surface area contributed by atoms with E-state index in [2.05, 4.69) is 6.92 Å². The van der Waals surface area contributed by atoms with Crippen molar-refractivity contribution in [2.45, 2.75) is 26.3 Å². The number of benzene rings is 1. The standard InChI is InChI=1S/C14H20N2O2/c1-9-3-4-13(17)12(6-9)14(18)16-7-10(2)5-11(15)8-16/h3-4,6,10-11,17H,5,7-8,15H2,1-2H3. The lowest BCUT2D eigenvalue weighted by Gasteiger charge is -2.35. The highest BCUT2D eigenvalue weighted by atomic mass is 16.3. The van der Waals surface area contributed by atoms with Crippen LogP contribution in [-0.2, 0) is 0 Å². The Balaban J connectivity index is 2.22. The zero-order chi connectivity index (χ0) is 13.3. The Morgan fingerprint density at radius 3 is 2.83 bits per heavy atom. The highest BCUT2D eigenvalue weighted by molar-refractivity contribution is 5.97. The van der Waals surface area contributed by atoms with E-state index in [9.17, 15) is 9.90 Å². The molecule has 0 aromatic heterocycles. The third kappa shape index (κ3) is 2.64. The number of amides is 1. The lowest BCUT2D eigenvalue weighted by Crippen LogP contribution is -2.48. The molecule has 4 heteroatoms. The molecule has 1 amide bonds. The van der Waals surface area contributed by atoms with Crippen LogP contribution in [0.15, 0.2) is 18.2 Å². The van der Waals surface area contributed by atoms with Gasteiger partial charge in [-0.25, -0.2) is 0 Å². The Hall–Kier alpha value is -1.55. The van der Waals surface area contributed by atoms with Crippen LogP contribution in [0.1, 0.15) is 29.3 Å². The summed E-state index contributed by atoms with van der Waals surface area (Å²) >= 11 is 0. The normalized spacial score (nSPS) is 24.1. The zero-order valence-electron chi connectivity index (χ0n) is 10.9. The van der Waals surface area contributed by atoms with Crippen LogP contribution in [0.25, 0.3) is 0 Å². The van der Waals surface area contributed by atoms with Crippen molar-refractivity contribution in [1.29, 1.82) is 0 Å². The van der Waals surface area contributed by atoms with Crippen molar-refractivity contribution in [3.63, 3.8) is 0 Å². The molecule has 1 aromatic carbocycles. The number of carbonyl (C=O) groups excluding carboxylic acids is 1. The number of carbonyl (C=O) groups is 1. The number of aryl methyl sites for hydroxylation is 1. The molecule has 1 heterocycles. The van der Waals surface area contributed by atoms with Crippen molar-refractivity contribution in [2.24, 2.45) is 11.7 Å². The second kappa shape index (κ2) is 4.98. The molecule has 1 aliphatic rings. The van der Waals surface area contributed by atoms with E-state index < -0.39 is 0 Å². The monoisotopic (exact) mass is 248 g/mol. The van der Waals surface area contributed by atoms with Gasteiger partial charge in [-0.05, 0) is 31.4 Å². The van der Waals surface area contributed by atoms with Crippen LogP contribution in [0, 0.1) is 12.8 Å². The van der Waals surface area contributed by atoms with Gasteiger partial charge in [-0.3, -0.25) is 4.79 Å². The molecule has 0 radical (unpaired) electrons. The summed E-state index contributed by atoms with van der Waals surface area (Å²) in [6.07, 6.45) is 0.948. The lowest BCUT2D eigenvalue weighted by atomic mass is 9.96. The van der Waals surface area contributed by atoms with E-state index in [-0.39, 0.29) is 17.7 Å². The van der Waals surface area contributed by atoms with E-state index in [1.165, 1.54) is 0 Å². The van der Waals surface area contributed by atoms with Crippen LogP contribution >= 0.6 is 0 Å². The number of aromatic hydroxyl groups is 1. The Morgan fingerprint density at radius 1 is 1.44 bits per heavy atom. The maximum atomic E-state index is 12.4. The van der Waals surface area contributed by atoms with E-state index in [4.69, 9.17) is 5.73 Å². The summed E-state index contributed by atoms with van der Waals surface area (Å²) in [5.41, 5.74) is 7.28. The van der Waals surface area contributed by atoms with E-state index in [0.29, 0.717) is 24.6 Å². The molecule has 2 rings (SSSR count). The topological polar surface area (TPSA) is 66.6 Å². The van der Waals surface area contributed by atoms with Gasteiger partial charge in [0, 0.05) is 19.1 Å². The predicted molar refractivity (Wildman–Crippen MR) is 70.5 cm³/mol. The molecule has 0 bridgehead atoms. The molecule has 0 saturated carbocycles. The summed E-state index contributed by atoms with van der Waals surface area (Å²) in [5.74, 6) is 0.320. The lowest BCUT2D eigenvalue weighted by molar-refractivity contribution is 0.0658. The van der Waals surface area contributed by atoms with Crippen LogP contribution < -0.4 is 5.73 Å². The fourth-order valence-corrected chi connectivity index (χ4v) is 2.56. The van der Waals surface area contributed by atoms with Crippen LogP contribution in [0.4, 0.5) is 0 Å². The Morgan fingerprint density at radius 2 is 2.17 bits per heavy atom. The first kappa shape index (κ1) is 12.9. The number of piperidine rings is 1. The molecule has 0 aliphatic carbocycles. The van der Waals surface area contributed by atoms with E-state index in [1.54, 1.807) is 23.1 Å². The Labute approximate surface area is 107 Å². The molecular weight excluding hydrogens is 228 g/mol. The molecule has 1 aromatic rings. The molecule has 1 aliphatic heterocycles.